The zero-order valence-corrected chi connectivity index (χ0v) is 6.25. The number of hydrogen-bond donors (Lipinski definition) is 1. The summed E-state index contributed by atoms with van der Waals surface area (Å²) in [5.41, 5.74) is 0. The Bertz CT molecular complexity index is 82.9. The van der Waals surface area contributed by atoms with Gasteiger partial charge >= 0.3 is 0 Å². The molecule has 1 N–H and O–H groups in total. The van der Waals surface area contributed by atoms with Crippen molar-refractivity contribution in [2.45, 2.75) is 19.8 Å². The SMILES string of the molecule is CC(CCO)CCOC=O. The summed E-state index contributed by atoms with van der Waals surface area (Å²) < 4.78 is 4.49. The molecule has 0 amide bonds. The van der Waals surface area contributed by atoms with E-state index in [2.05, 4.69) is 4.74 Å². The van der Waals surface area contributed by atoms with Crippen LogP contribution in [0.25, 0.3) is 0 Å². The summed E-state index contributed by atoms with van der Waals surface area (Å²) in [7, 11) is 0. The Hall–Kier alpha value is -0.570. The second-order valence-electron chi connectivity index (χ2n) is 2.37. The summed E-state index contributed by atoms with van der Waals surface area (Å²) in [5.74, 6) is 0.435. The van der Waals surface area contributed by atoms with Crippen LogP contribution in [0.2, 0.25) is 0 Å². The van der Waals surface area contributed by atoms with Crippen molar-refractivity contribution in [2.24, 2.45) is 5.92 Å². The van der Waals surface area contributed by atoms with Crippen LogP contribution in [0, 0.1) is 5.92 Å². The molecule has 0 fully saturated rings. The maximum absolute atomic E-state index is 9.67. The molecule has 0 aliphatic rings. The maximum atomic E-state index is 9.67. The zero-order chi connectivity index (χ0) is 7.82. The van der Waals surface area contributed by atoms with E-state index in [1.807, 2.05) is 6.92 Å². The number of ether oxygens (including phenoxy) is 1. The van der Waals surface area contributed by atoms with Crippen molar-refractivity contribution >= 4 is 6.47 Å². The number of aliphatic hydroxyl groups is 1. The molecule has 0 saturated carbocycles. The van der Waals surface area contributed by atoms with Crippen molar-refractivity contribution in [1.29, 1.82) is 0 Å². The van der Waals surface area contributed by atoms with Crippen molar-refractivity contribution in [3.8, 4) is 0 Å². The zero-order valence-electron chi connectivity index (χ0n) is 6.25. The lowest BCUT2D eigenvalue weighted by Crippen LogP contribution is -2.02. The van der Waals surface area contributed by atoms with E-state index in [0.29, 0.717) is 19.0 Å². The molecule has 0 heterocycles. The number of carbonyl (C=O) groups is 1. The minimum atomic E-state index is 0.211. The van der Waals surface area contributed by atoms with Crippen molar-refractivity contribution in [1.82, 2.24) is 0 Å². The van der Waals surface area contributed by atoms with Crippen molar-refractivity contribution < 1.29 is 14.6 Å². The predicted octanol–water partition coefficient (Wildman–Crippen LogP) is 0.568. The summed E-state index contributed by atoms with van der Waals surface area (Å²) in [6.07, 6.45) is 1.61. The van der Waals surface area contributed by atoms with Gasteiger partial charge in [0.05, 0.1) is 6.61 Å². The first-order valence-electron chi connectivity index (χ1n) is 3.47. The maximum Gasteiger partial charge on any atom is 0.293 e. The van der Waals surface area contributed by atoms with Crippen LogP contribution < -0.4 is 0 Å². The van der Waals surface area contributed by atoms with Crippen LogP contribution >= 0.6 is 0 Å². The molecule has 1 atom stereocenters. The third-order valence-electron chi connectivity index (χ3n) is 1.42. The first-order chi connectivity index (χ1) is 4.81. The highest BCUT2D eigenvalue weighted by Gasteiger charge is 1.99. The molecule has 0 aromatic carbocycles. The first kappa shape index (κ1) is 9.43. The molecular weight excluding hydrogens is 132 g/mol. The quantitative estimate of drug-likeness (QED) is 0.440. The Balaban J connectivity index is 3.04. The van der Waals surface area contributed by atoms with Gasteiger partial charge < -0.3 is 9.84 Å². The largest absolute Gasteiger partial charge is 0.468 e. The van der Waals surface area contributed by atoms with Gasteiger partial charge in [-0.15, -0.1) is 0 Å². The Morgan fingerprint density at radius 3 is 2.80 bits per heavy atom. The fourth-order valence-corrected chi connectivity index (χ4v) is 0.682. The van der Waals surface area contributed by atoms with Crippen LogP contribution in [0.5, 0.6) is 0 Å². The number of rotatable bonds is 6. The van der Waals surface area contributed by atoms with Crippen molar-refractivity contribution in [3.05, 3.63) is 0 Å². The molecule has 0 aliphatic carbocycles. The molecule has 0 aliphatic heterocycles. The third-order valence-corrected chi connectivity index (χ3v) is 1.42. The molecule has 0 radical (unpaired) electrons. The lowest BCUT2D eigenvalue weighted by molar-refractivity contribution is -0.129. The Morgan fingerprint density at radius 2 is 2.30 bits per heavy atom. The summed E-state index contributed by atoms with van der Waals surface area (Å²) in [6.45, 7) is 3.14. The van der Waals surface area contributed by atoms with E-state index in [-0.39, 0.29) is 6.61 Å². The molecule has 1 unspecified atom stereocenters. The van der Waals surface area contributed by atoms with Crippen LogP contribution in [0.1, 0.15) is 19.8 Å². The lowest BCUT2D eigenvalue weighted by atomic mass is 10.1. The van der Waals surface area contributed by atoms with Gasteiger partial charge in [-0.2, -0.15) is 0 Å². The molecule has 3 heteroatoms. The van der Waals surface area contributed by atoms with E-state index in [1.54, 1.807) is 0 Å². The van der Waals surface area contributed by atoms with Gasteiger partial charge in [0.15, 0.2) is 0 Å². The summed E-state index contributed by atoms with van der Waals surface area (Å²) in [4.78, 5) is 9.67. The molecule has 3 nitrogen and oxygen atoms in total. The van der Waals surface area contributed by atoms with Crippen LogP contribution in [0.15, 0.2) is 0 Å². The van der Waals surface area contributed by atoms with Gasteiger partial charge in [0.25, 0.3) is 6.47 Å². The molecule has 0 bridgehead atoms. The van der Waals surface area contributed by atoms with Gasteiger partial charge in [-0.25, -0.2) is 0 Å². The molecule has 0 rings (SSSR count). The monoisotopic (exact) mass is 146 g/mol. The topological polar surface area (TPSA) is 46.5 Å². The average molecular weight is 146 g/mol. The molecule has 0 aromatic heterocycles. The highest BCUT2D eigenvalue weighted by atomic mass is 16.5. The Labute approximate surface area is 61.0 Å². The van der Waals surface area contributed by atoms with E-state index in [9.17, 15) is 4.79 Å². The van der Waals surface area contributed by atoms with Gasteiger partial charge in [0.2, 0.25) is 0 Å². The fraction of sp³-hybridized carbons (Fsp3) is 0.857. The highest BCUT2D eigenvalue weighted by Crippen LogP contribution is 2.05. The average Bonchev–Trinajstić information content (AvgIpc) is 1.89. The van der Waals surface area contributed by atoms with Gasteiger partial charge in [0, 0.05) is 6.61 Å². The molecule has 10 heavy (non-hydrogen) atoms. The highest BCUT2D eigenvalue weighted by molar-refractivity contribution is 5.36. The van der Waals surface area contributed by atoms with Gasteiger partial charge in [-0.1, -0.05) is 6.92 Å². The Morgan fingerprint density at radius 1 is 1.60 bits per heavy atom. The smallest absolute Gasteiger partial charge is 0.293 e. The molecule has 0 saturated heterocycles. The van der Waals surface area contributed by atoms with Crippen molar-refractivity contribution in [2.75, 3.05) is 13.2 Å². The Kier molecular flexibility index (Phi) is 6.18. The van der Waals surface area contributed by atoms with E-state index in [0.717, 1.165) is 12.8 Å². The van der Waals surface area contributed by atoms with Crippen LogP contribution in [0.4, 0.5) is 0 Å². The molecule has 0 spiro atoms. The van der Waals surface area contributed by atoms with E-state index >= 15 is 0 Å². The normalized spacial score (nSPS) is 12.6. The second kappa shape index (κ2) is 6.55. The van der Waals surface area contributed by atoms with Crippen LogP contribution in [0.3, 0.4) is 0 Å². The number of carbonyl (C=O) groups excluding carboxylic acids is 1. The van der Waals surface area contributed by atoms with Crippen LogP contribution in [-0.2, 0) is 9.53 Å². The third kappa shape index (κ3) is 5.56. The lowest BCUT2D eigenvalue weighted by Gasteiger charge is -2.06. The molecular formula is C7H14O3. The fourth-order valence-electron chi connectivity index (χ4n) is 0.682. The number of aliphatic hydroxyl groups excluding tert-OH is 1. The van der Waals surface area contributed by atoms with Gasteiger partial charge in [-0.05, 0) is 18.8 Å². The second-order valence-corrected chi connectivity index (χ2v) is 2.37. The summed E-state index contributed by atoms with van der Waals surface area (Å²) in [5, 5.41) is 8.48. The van der Waals surface area contributed by atoms with E-state index in [4.69, 9.17) is 5.11 Å². The molecule has 60 valence electrons. The minimum absolute atomic E-state index is 0.211. The van der Waals surface area contributed by atoms with Gasteiger partial charge in [0.1, 0.15) is 0 Å². The minimum Gasteiger partial charge on any atom is -0.468 e. The van der Waals surface area contributed by atoms with E-state index in [1.165, 1.54) is 0 Å². The van der Waals surface area contributed by atoms with Gasteiger partial charge in [-0.3, -0.25) is 4.79 Å². The molecule has 0 aromatic rings. The van der Waals surface area contributed by atoms with Crippen LogP contribution in [-0.4, -0.2) is 24.8 Å². The predicted molar refractivity (Wildman–Crippen MR) is 37.5 cm³/mol. The standard InChI is InChI=1S/C7H14O3/c1-7(2-4-8)3-5-10-6-9/h6-8H,2-5H2,1H3. The number of hydrogen-bond acceptors (Lipinski definition) is 3. The van der Waals surface area contributed by atoms with Crippen molar-refractivity contribution in [3.63, 3.8) is 0 Å². The summed E-state index contributed by atoms with van der Waals surface area (Å²) >= 11 is 0. The van der Waals surface area contributed by atoms with E-state index < -0.39 is 0 Å². The first-order valence-corrected chi connectivity index (χ1v) is 3.47. The summed E-state index contributed by atoms with van der Waals surface area (Å²) in [6, 6.07) is 0.